The van der Waals surface area contributed by atoms with Gasteiger partial charge in [-0.25, -0.2) is 0 Å². The first kappa shape index (κ1) is 15.6. The lowest BCUT2D eigenvalue weighted by Crippen LogP contribution is -2.10. The van der Waals surface area contributed by atoms with Gasteiger partial charge in [0.25, 0.3) is 0 Å². The van der Waals surface area contributed by atoms with Crippen LogP contribution in [0.2, 0.25) is 5.02 Å². The molecule has 0 spiro atoms. The van der Waals surface area contributed by atoms with Gasteiger partial charge >= 0.3 is 0 Å². The molecule has 19 heavy (non-hydrogen) atoms. The lowest BCUT2D eigenvalue weighted by Gasteiger charge is -2.10. The molecule has 0 amide bonds. The lowest BCUT2D eigenvalue weighted by molar-refractivity contribution is 0.636. The van der Waals surface area contributed by atoms with Gasteiger partial charge in [-0.15, -0.1) is 0 Å². The SMILES string of the molecule is CC(=NNc1ccc(Cl)cc1)C(C)=C(N)CC(C)C. The summed E-state index contributed by atoms with van der Waals surface area (Å²) in [4.78, 5) is 0. The minimum atomic E-state index is 0.548. The van der Waals surface area contributed by atoms with Crippen molar-refractivity contribution in [3.05, 3.63) is 40.6 Å². The molecule has 3 N–H and O–H groups in total. The summed E-state index contributed by atoms with van der Waals surface area (Å²) in [5, 5.41) is 5.05. The Hall–Kier alpha value is -1.48. The van der Waals surface area contributed by atoms with Crippen molar-refractivity contribution in [2.45, 2.75) is 34.1 Å². The molecular weight excluding hydrogens is 258 g/mol. The normalized spacial score (nSPS) is 13.5. The molecule has 0 heterocycles. The highest BCUT2D eigenvalue weighted by Crippen LogP contribution is 2.14. The molecule has 0 aliphatic carbocycles. The molecule has 1 aromatic rings. The van der Waals surface area contributed by atoms with Gasteiger partial charge in [0.2, 0.25) is 0 Å². The summed E-state index contributed by atoms with van der Waals surface area (Å²) in [6.45, 7) is 8.25. The Labute approximate surface area is 120 Å². The van der Waals surface area contributed by atoms with Crippen LogP contribution in [0.4, 0.5) is 5.69 Å². The molecule has 104 valence electrons. The van der Waals surface area contributed by atoms with E-state index in [0.717, 1.165) is 29.1 Å². The Morgan fingerprint density at radius 3 is 2.37 bits per heavy atom. The number of hydrogen-bond donors (Lipinski definition) is 2. The Bertz CT molecular complexity index is 473. The van der Waals surface area contributed by atoms with Crippen LogP contribution in [0.25, 0.3) is 0 Å². The summed E-state index contributed by atoms with van der Waals surface area (Å²) in [5.41, 5.74) is 12.8. The van der Waals surface area contributed by atoms with Gasteiger partial charge in [0.1, 0.15) is 0 Å². The Kier molecular flexibility index (Phi) is 5.90. The number of allylic oxidation sites excluding steroid dienone is 2. The van der Waals surface area contributed by atoms with Gasteiger partial charge in [-0.3, -0.25) is 5.43 Å². The maximum absolute atomic E-state index is 6.06. The summed E-state index contributed by atoms with van der Waals surface area (Å²) < 4.78 is 0. The predicted octanol–water partition coefficient (Wildman–Crippen LogP) is 4.41. The van der Waals surface area contributed by atoms with Crippen LogP contribution in [0.1, 0.15) is 34.1 Å². The highest BCUT2D eigenvalue weighted by Gasteiger charge is 2.04. The van der Waals surface area contributed by atoms with Crippen molar-refractivity contribution in [2.24, 2.45) is 16.8 Å². The zero-order valence-electron chi connectivity index (χ0n) is 12.0. The number of hydrazone groups is 1. The van der Waals surface area contributed by atoms with Gasteiger partial charge in [-0.05, 0) is 56.0 Å². The Morgan fingerprint density at radius 2 is 1.84 bits per heavy atom. The third-order valence-corrected chi connectivity index (χ3v) is 3.10. The van der Waals surface area contributed by atoms with E-state index >= 15 is 0 Å². The fraction of sp³-hybridized carbons (Fsp3) is 0.400. The molecule has 0 aliphatic rings. The van der Waals surface area contributed by atoms with Crippen LogP contribution in [0, 0.1) is 5.92 Å². The molecule has 0 unspecified atom stereocenters. The summed E-state index contributed by atoms with van der Waals surface area (Å²) in [5.74, 6) is 0.548. The van der Waals surface area contributed by atoms with Gasteiger partial charge in [0.05, 0.1) is 11.4 Å². The molecule has 1 rings (SSSR count). The average Bonchev–Trinajstić information content (AvgIpc) is 2.36. The Balaban J connectivity index is 2.73. The fourth-order valence-corrected chi connectivity index (χ4v) is 1.71. The third kappa shape index (κ3) is 5.35. The fourth-order valence-electron chi connectivity index (χ4n) is 1.58. The molecule has 0 saturated heterocycles. The standard InChI is InChI=1S/C15H22ClN3/c1-10(2)9-15(17)11(3)12(4)18-19-14-7-5-13(16)6-8-14/h5-8,10,19H,9,17H2,1-4H3. The summed E-state index contributed by atoms with van der Waals surface area (Å²) >= 11 is 5.83. The second-order valence-electron chi connectivity index (χ2n) is 5.06. The van der Waals surface area contributed by atoms with E-state index in [9.17, 15) is 0 Å². The second-order valence-corrected chi connectivity index (χ2v) is 5.50. The zero-order valence-corrected chi connectivity index (χ0v) is 12.8. The summed E-state index contributed by atoms with van der Waals surface area (Å²) in [6, 6.07) is 7.42. The molecule has 0 radical (unpaired) electrons. The molecule has 3 nitrogen and oxygen atoms in total. The minimum Gasteiger partial charge on any atom is -0.402 e. The maximum Gasteiger partial charge on any atom is 0.0622 e. The largest absolute Gasteiger partial charge is 0.402 e. The molecule has 0 saturated carbocycles. The molecule has 0 aromatic heterocycles. The third-order valence-electron chi connectivity index (χ3n) is 2.85. The number of anilines is 1. The van der Waals surface area contributed by atoms with Gasteiger partial charge in [-0.2, -0.15) is 5.10 Å². The van der Waals surface area contributed by atoms with Crippen molar-refractivity contribution >= 4 is 23.0 Å². The van der Waals surface area contributed by atoms with Crippen LogP contribution in [-0.4, -0.2) is 5.71 Å². The van der Waals surface area contributed by atoms with Crippen LogP contribution >= 0.6 is 11.6 Å². The van der Waals surface area contributed by atoms with E-state index < -0.39 is 0 Å². The molecule has 0 fully saturated rings. The number of nitrogens with zero attached hydrogens (tertiary/aromatic N) is 1. The van der Waals surface area contributed by atoms with E-state index in [1.165, 1.54) is 0 Å². The first-order chi connectivity index (χ1) is 8.90. The van der Waals surface area contributed by atoms with E-state index in [1.54, 1.807) is 0 Å². The van der Waals surface area contributed by atoms with Crippen molar-refractivity contribution < 1.29 is 0 Å². The van der Waals surface area contributed by atoms with Crippen LogP contribution in [0.3, 0.4) is 0 Å². The zero-order chi connectivity index (χ0) is 14.4. The van der Waals surface area contributed by atoms with Gasteiger partial charge in [-0.1, -0.05) is 25.4 Å². The van der Waals surface area contributed by atoms with Gasteiger partial charge in [0.15, 0.2) is 0 Å². The topological polar surface area (TPSA) is 50.4 Å². The second kappa shape index (κ2) is 7.19. The van der Waals surface area contributed by atoms with Crippen molar-refractivity contribution in [3.8, 4) is 0 Å². The number of benzene rings is 1. The predicted molar refractivity (Wildman–Crippen MR) is 84.5 cm³/mol. The summed E-state index contributed by atoms with van der Waals surface area (Å²) in [6.07, 6.45) is 0.889. The van der Waals surface area contributed by atoms with E-state index in [1.807, 2.05) is 38.1 Å². The number of rotatable bonds is 5. The number of nitrogens with one attached hydrogen (secondary N) is 1. The molecule has 4 heteroatoms. The summed E-state index contributed by atoms with van der Waals surface area (Å²) in [7, 11) is 0. The monoisotopic (exact) mass is 279 g/mol. The van der Waals surface area contributed by atoms with E-state index in [4.69, 9.17) is 17.3 Å². The quantitative estimate of drug-likeness (QED) is 0.620. The first-order valence-electron chi connectivity index (χ1n) is 6.41. The maximum atomic E-state index is 6.06. The van der Waals surface area contributed by atoms with Crippen LogP contribution < -0.4 is 11.2 Å². The van der Waals surface area contributed by atoms with Crippen molar-refractivity contribution in [1.82, 2.24) is 0 Å². The van der Waals surface area contributed by atoms with E-state index in [-0.39, 0.29) is 0 Å². The van der Waals surface area contributed by atoms with Gasteiger partial charge in [0, 0.05) is 10.7 Å². The lowest BCUT2D eigenvalue weighted by atomic mass is 10.0. The van der Waals surface area contributed by atoms with Crippen molar-refractivity contribution in [1.29, 1.82) is 0 Å². The van der Waals surface area contributed by atoms with Crippen molar-refractivity contribution in [2.75, 3.05) is 5.43 Å². The molecular formula is C15H22ClN3. The highest BCUT2D eigenvalue weighted by atomic mass is 35.5. The van der Waals surface area contributed by atoms with Crippen LogP contribution in [-0.2, 0) is 0 Å². The smallest absolute Gasteiger partial charge is 0.0622 e. The molecule has 0 bridgehead atoms. The van der Waals surface area contributed by atoms with E-state index in [0.29, 0.717) is 10.9 Å². The average molecular weight is 280 g/mol. The van der Waals surface area contributed by atoms with E-state index in [2.05, 4.69) is 24.4 Å². The first-order valence-corrected chi connectivity index (χ1v) is 6.79. The molecule has 1 aromatic carbocycles. The number of hydrogen-bond acceptors (Lipinski definition) is 3. The van der Waals surface area contributed by atoms with Crippen LogP contribution in [0.15, 0.2) is 40.6 Å². The highest BCUT2D eigenvalue weighted by molar-refractivity contribution is 6.30. The number of halogens is 1. The molecule has 0 atom stereocenters. The van der Waals surface area contributed by atoms with Gasteiger partial charge < -0.3 is 5.73 Å². The minimum absolute atomic E-state index is 0.548. The Morgan fingerprint density at radius 1 is 1.26 bits per heavy atom. The number of nitrogens with two attached hydrogens (primary N) is 1. The molecule has 0 aliphatic heterocycles. The van der Waals surface area contributed by atoms with Crippen LogP contribution in [0.5, 0.6) is 0 Å². The van der Waals surface area contributed by atoms with Crippen molar-refractivity contribution in [3.63, 3.8) is 0 Å².